The van der Waals surface area contributed by atoms with Gasteiger partial charge in [-0.1, -0.05) is 5.21 Å². The van der Waals surface area contributed by atoms with E-state index < -0.39 is 11.6 Å². The quantitative estimate of drug-likeness (QED) is 0.814. The summed E-state index contributed by atoms with van der Waals surface area (Å²) in [6, 6.07) is 4.53. The van der Waals surface area contributed by atoms with Gasteiger partial charge in [-0.2, -0.15) is 5.26 Å². The minimum absolute atomic E-state index is 0.112. The highest BCUT2D eigenvalue weighted by atomic mass is 32.1. The summed E-state index contributed by atoms with van der Waals surface area (Å²) in [5, 5.41) is 19.8. The molecule has 1 aromatic carbocycles. The fourth-order valence-electron chi connectivity index (χ4n) is 2.80. The van der Waals surface area contributed by atoms with Gasteiger partial charge in [0.05, 0.1) is 37.5 Å². The molecule has 1 saturated heterocycles. The van der Waals surface area contributed by atoms with Crippen LogP contribution < -0.4 is 10.2 Å². The molecule has 0 bridgehead atoms. The molecule has 1 unspecified atom stereocenters. The number of thiocarbonyl (C=S) groups is 1. The zero-order chi connectivity index (χ0) is 18.7. The Morgan fingerprint density at radius 3 is 2.81 bits per heavy atom. The average molecular weight is 378 g/mol. The van der Waals surface area contributed by atoms with E-state index in [0.29, 0.717) is 25.2 Å². The van der Waals surface area contributed by atoms with Crippen molar-refractivity contribution in [2.75, 3.05) is 25.1 Å². The lowest BCUT2D eigenvalue weighted by Gasteiger charge is -2.19. The number of hydrogen-bond donors (Lipinski definition) is 1. The van der Waals surface area contributed by atoms with E-state index in [4.69, 9.17) is 22.2 Å². The number of hydrogen-bond acceptors (Lipinski definition) is 6. The van der Waals surface area contributed by atoms with E-state index >= 15 is 0 Å². The number of methoxy groups -OCH3 is 1. The molecule has 7 nitrogen and oxygen atoms in total. The van der Waals surface area contributed by atoms with Crippen molar-refractivity contribution in [1.82, 2.24) is 20.3 Å². The van der Waals surface area contributed by atoms with Crippen molar-refractivity contribution in [1.29, 1.82) is 5.26 Å². The highest BCUT2D eigenvalue weighted by Gasteiger charge is 2.27. The van der Waals surface area contributed by atoms with E-state index in [-0.39, 0.29) is 29.0 Å². The van der Waals surface area contributed by atoms with Crippen LogP contribution in [-0.2, 0) is 11.3 Å². The number of rotatable bonds is 4. The van der Waals surface area contributed by atoms with Crippen LogP contribution in [0.25, 0.3) is 5.69 Å². The SMILES string of the molecule is COC(=S)NCc1cn(-c2cc(F)c(N3CCC(C#N)C3)c(F)c2)nn1. The zero-order valence-electron chi connectivity index (χ0n) is 13.9. The predicted octanol–water partition coefficient (Wildman–Crippen LogP) is 1.92. The summed E-state index contributed by atoms with van der Waals surface area (Å²) in [4.78, 5) is 1.56. The van der Waals surface area contributed by atoms with Crippen LogP contribution in [0.15, 0.2) is 18.3 Å². The van der Waals surface area contributed by atoms with E-state index in [1.54, 1.807) is 11.1 Å². The largest absolute Gasteiger partial charge is 0.474 e. The molecule has 0 spiro atoms. The highest BCUT2D eigenvalue weighted by molar-refractivity contribution is 7.80. The van der Waals surface area contributed by atoms with Crippen molar-refractivity contribution < 1.29 is 13.5 Å². The molecular formula is C16H16F2N6OS. The van der Waals surface area contributed by atoms with E-state index in [0.717, 1.165) is 0 Å². The minimum Gasteiger partial charge on any atom is -0.474 e. The van der Waals surface area contributed by atoms with Crippen LogP contribution in [0, 0.1) is 28.9 Å². The van der Waals surface area contributed by atoms with Gasteiger partial charge in [-0.3, -0.25) is 0 Å². The third-order valence-electron chi connectivity index (χ3n) is 4.09. The molecule has 136 valence electrons. The molecule has 0 amide bonds. The van der Waals surface area contributed by atoms with Crippen LogP contribution >= 0.6 is 12.2 Å². The number of ether oxygens (including phenoxy) is 1. The van der Waals surface area contributed by atoms with Gasteiger partial charge in [0.2, 0.25) is 0 Å². The Morgan fingerprint density at radius 2 is 2.19 bits per heavy atom. The topological polar surface area (TPSA) is 79.0 Å². The van der Waals surface area contributed by atoms with E-state index in [2.05, 4.69) is 21.7 Å². The lowest BCUT2D eigenvalue weighted by atomic mass is 10.1. The molecule has 3 rings (SSSR count). The summed E-state index contributed by atoms with van der Waals surface area (Å²) in [7, 11) is 1.44. The Labute approximate surface area is 154 Å². The van der Waals surface area contributed by atoms with Crippen molar-refractivity contribution in [2.45, 2.75) is 13.0 Å². The monoisotopic (exact) mass is 378 g/mol. The van der Waals surface area contributed by atoms with Crippen molar-refractivity contribution >= 4 is 23.1 Å². The summed E-state index contributed by atoms with van der Waals surface area (Å²) >= 11 is 4.86. The number of nitrogens with zero attached hydrogens (tertiary/aromatic N) is 5. The Balaban J connectivity index is 1.79. The average Bonchev–Trinajstić information content (AvgIpc) is 3.28. The Hall–Kier alpha value is -2.80. The lowest BCUT2D eigenvalue weighted by Crippen LogP contribution is -2.22. The first-order valence-electron chi connectivity index (χ1n) is 7.89. The fourth-order valence-corrected chi connectivity index (χ4v) is 2.87. The van der Waals surface area contributed by atoms with E-state index in [9.17, 15) is 8.78 Å². The molecule has 0 radical (unpaired) electrons. The summed E-state index contributed by atoms with van der Waals surface area (Å²) in [5.74, 6) is -1.61. The fraction of sp³-hybridized carbons (Fsp3) is 0.375. The first-order chi connectivity index (χ1) is 12.5. The minimum atomic E-state index is -0.700. The molecule has 0 saturated carbocycles. The van der Waals surface area contributed by atoms with Crippen molar-refractivity contribution in [2.24, 2.45) is 5.92 Å². The molecule has 2 heterocycles. The normalized spacial score (nSPS) is 16.4. The summed E-state index contributed by atoms with van der Waals surface area (Å²) in [5.41, 5.74) is 0.637. The van der Waals surface area contributed by atoms with Crippen molar-refractivity contribution in [3.63, 3.8) is 0 Å². The van der Waals surface area contributed by atoms with Crippen LogP contribution in [0.3, 0.4) is 0 Å². The smallest absolute Gasteiger partial charge is 0.256 e. The molecule has 1 aromatic heterocycles. The Kier molecular flexibility index (Phi) is 5.27. The standard InChI is InChI=1S/C16H16F2N6OS/c1-25-16(26)20-7-11-9-24(22-21-11)12-4-13(17)15(14(18)5-12)23-3-2-10(6-19)8-23/h4-5,9-10H,2-3,7-8H2,1H3,(H,20,26). The summed E-state index contributed by atoms with van der Waals surface area (Å²) in [6.07, 6.45) is 2.14. The maximum Gasteiger partial charge on any atom is 0.256 e. The number of benzene rings is 1. The van der Waals surface area contributed by atoms with Gasteiger partial charge in [-0.15, -0.1) is 5.10 Å². The molecule has 10 heteroatoms. The third-order valence-corrected chi connectivity index (χ3v) is 4.40. The van der Waals surface area contributed by atoms with Gasteiger partial charge >= 0.3 is 0 Å². The van der Waals surface area contributed by atoms with Crippen LogP contribution in [-0.4, -0.2) is 40.4 Å². The van der Waals surface area contributed by atoms with Crippen LogP contribution in [0.4, 0.5) is 14.5 Å². The van der Waals surface area contributed by atoms with Crippen LogP contribution in [0.5, 0.6) is 0 Å². The maximum atomic E-state index is 14.5. The molecule has 1 N–H and O–H groups in total. The Bertz CT molecular complexity index is 842. The molecule has 26 heavy (non-hydrogen) atoms. The number of anilines is 1. The molecule has 1 aliphatic rings. The van der Waals surface area contributed by atoms with Gasteiger partial charge < -0.3 is 15.0 Å². The third kappa shape index (κ3) is 3.72. The van der Waals surface area contributed by atoms with Gasteiger partial charge in [-0.05, 0) is 18.6 Å². The summed E-state index contributed by atoms with van der Waals surface area (Å²) in [6.45, 7) is 1.05. The lowest BCUT2D eigenvalue weighted by molar-refractivity contribution is 0.392. The van der Waals surface area contributed by atoms with Gasteiger partial charge in [0.25, 0.3) is 5.17 Å². The molecule has 2 aromatic rings. The number of nitriles is 1. The predicted molar refractivity (Wildman–Crippen MR) is 93.7 cm³/mol. The number of aromatic nitrogens is 3. The Morgan fingerprint density at radius 1 is 1.46 bits per heavy atom. The molecule has 0 aliphatic carbocycles. The number of halogens is 2. The van der Waals surface area contributed by atoms with Gasteiger partial charge in [0.1, 0.15) is 11.4 Å². The van der Waals surface area contributed by atoms with Crippen molar-refractivity contribution in [3.05, 3.63) is 35.7 Å². The summed E-state index contributed by atoms with van der Waals surface area (Å²) < 4.78 is 35.1. The number of nitrogens with one attached hydrogen (secondary N) is 1. The van der Waals surface area contributed by atoms with Crippen LogP contribution in [0.2, 0.25) is 0 Å². The second kappa shape index (κ2) is 7.61. The van der Waals surface area contributed by atoms with Gasteiger partial charge in [-0.25, -0.2) is 13.5 Å². The molecule has 1 fully saturated rings. The molecule has 1 aliphatic heterocycles. The second-order valence-corrected chi connectivity index (χ2v) is 6.19. The van der Waals surface area contributed by atoms with E-state index in [1.165, 1.54) is 23.9 Å². The molecule has 1 atom stereocenters. The highest BCUT2D eigenvalue weighted by Crippen LogP contribution is 2.30. The van der Waals surface area contributed by atoms with E-state index in [1.807, 2.05) is 0 Å². The van der Waals surface area contributed by atoms with Crippen LogP contribution in [0.1, 0.15) is 12.1 Å². The zero-order valence-corrected chi connectivity index (χ0v) is 14.8. The second-order valence-electron chi connectivity index (χ2n) is 5.82. The maximum absolute atomic E-state index is 14.5. The van der Waals surface area contributed by atoms with Gasteiger partial charge in [0, 0.05) is 25.2 Å². The first-order valence-corrected chi connectivity index (χ1v) is 8.29. The molecular weight excluding hydrogens is 362 g/mol. The van der Waals surface area contributed by atoms with Crippen molar-refractivity contribution in [3.8, 4) is 11.8 Å². The first kappa shape index (κ1) is 18.0. The van der Waals surface area contributed by atoms with Gasteiger partial charge in [0.15, 0.2) is 11.6 Å².